The molecule has 0 aromatic heterocycles. The second-order valence-electron chi connectivity index (χ2n) is 14.8. The Hall–Kier alpha value is -1.91. The van der Waals surface area contributed by atoms with Gasteiger partial charge in [-0.1, -0.05) is 52.8 Å². The second-order valence-corrected chi connectivity index (χ2v) is 14.8. The van der Waals surface area contributed by atoms with Crippen LogP contribution in [0.3, 0.4) is 0 Å². The summed E-state index contributed by atoms with van der Waals surface area (Å²) in [7, 11) is 2.91. The minimum absolute atomic E-state index is 0.0190. The minimum atomic E-state index is -0.616. The summed E-state index contributed by atoms with van der Waals surface area (Å²) in [5, 5.41) is 0. The zero-order chi connectivity index (χ0) is 28.1. The third kappa shape index (κ3) is 3.19. The van der Waals surface area contributed by atoms with Gasteiger partial charge in [0, 0.05) is 5.41 Å². The van der Waals surface area contributed by atoms with Gasteiger partial charge in [0.1, 0.15) is 0 Å². The Morgan fingerprint density at radius 3 is 2.16 bits per heavy atom. The van der Waals surface area contributed by atoms with Gasteiger partial charge in [0.2, 0.25) is 0 Å². The zero-order valence-corrected chi connectivity index (χ0v) is 24.9. The van der Waals surface area contributed by atoms with E-state index in [1.165, 1.54) is 12.7 Å². The lowest BCUT2D eigenvalue weighted by atomic mass is 9.32. The zero-order valence-electron chi connectivity index (χ0n) is 24.9. The summed E-state index contributed by atoms with van der Waals surface area (Å²) >= 11 is 0. The van der Waals surface area contributed by atoms with Crippen molar-refractivity contribution in [2.24, 2.45) is 56.7 Å². The highest BCUT2D eigenvalue weighted by atomic mass is 16.5. The number of ketones is 1. The Kier molecular flexibility index (Phi) is 6.22. The van der Waals surface area contributed by atoms with Gasteiger partial charge < -0.3 is 9.47 Å². The van der Waals surface area contributed by atoms with Gasteiger partial charge in [-0.25, -0.2) is 4.79 Å². The van der Waals surface area contributed by atoms with Crippen LogP contribution in [0.15, 0.2) is 23.8 Å². The van der Waals surface area contributed by atoms with Crippen molar-refractivity contribution in [3.63, 3.8) is 0 Å². The average molecular weight is 525 g/mol. The molecule has 5 rings (SSSR count). The van der Waals surface area contributed by atoms with Crippen molar-refractivity contribution >= 4 is 17.7 Å². The first-order chi connectivity index (χ1) is 17.7. The van der Waals surface area contributed by atoms with Crippen LogP contribution in [0.25, 0.3) is 0 Å². The summed E-state index contributed by atoms with van der Waals surface area (Å²) < 4.78 is 10.6. The maximum Gasteiger partial charge on any atom is 0.341 e. The maximum absolute atomic E-state index is 13.5. The van der Waals surface area contributed by atoms with Crippen LogP contribution in [0.1, 0.15) is 92.9 Å². The van der Waals surface area contributed by atoms with E-state index in [2.05, 4.69) is 34.3 Å². The van der Waals surface area contributed by atoms with E-state index in [1.54, 1.807) is 7.11 Å². The summed E-state index contributed by atoms with van der Waals surface area (Å²) in [6, 6.07) is 0. The fraction of sp³-hybridized carbons (Fsp3) is 0.788. The molecule has 0 amide bonds. The first-order valence-electron chi connectivity index (χ1n) is 14.8. The van der Waals surface area contributed by atoms with Crippen molar-refractivity contribution in [3.8, 4) is 0 Å². The third-order valence-electron chi connectivity index (χ3n) is 13.4. The molecule has 0 bridgehead atoms. The molecule has 0 saturated heterocycles. The number of fused-ring (bicyclic) bond motifs is 7. The van der Waals surface area contributed by atoms with Gasteiger partial charge in [0.25, 0.3) is 0 Å². The van der Waals surface area contributed by atoms with Crippen LogP contribution in [0.2, 0.25) is 0 Å². The lowest BCUT2D eigenvalue weighted by molar-refractivity contribution is -0.222. The molecule has 0 heterocycles. The van der Waals surface area contributed by atoms with Gasteiger partial charge in [-0.2, -0.15) is 0 Å². The fourth-order valence-electron chi connectivity index (χ4n) is 11.5. The van der Waals surface area contributed by atoms with Crippen molar-refractivity contribution in [2.45, 2.75) is 92.9 Å². The van der Waals surface area contributed by atoms with E-state index in [-0.39, 0.29) is 45.4 Å². The van der Waals surface area contributed by atoms with Crippen LogP contribution in [-0.4, -0.2) is 31.9 Å². The Balaban J connectivity index is 1.62. The number of esters is 2. The Bertz CT molecular complexity index is 1120. The molecule has 0 aromatic rings. The molecule has 9 atom stereocenters. The number of rotatable bonds is 3. The standard InChI is InChI=1S/C33H48O5/c1-19(2)20-12-15-33(28(36)38-9)17-16-31(6)22(25(20)33)10-11-24-30(5)18-21(27(35)37-8)26(34)29(3,4)23(30)13-14-32(24,31)7/h18,20,22-25H,1,10-17H2,2-9H3/t20-,22?,23-,24+,25+,30-,31+,32+,33-/m0/s1. The van der Waals surface area contributed by atoms with Crippen molar-refractivity contribution in [3.05, 3.63) is 23.8 Å². The molecule has 4 saturated carbocycles. The van der Waals surface area contributed by atoms with E-state index in [0.29, 0.717) is 17.8 Å². The lowest BCUT2D eigenvalue weighted by Gasteiger charge is -2.71. The summed E-state index contributed by atoms with van der Waals surface area (Å²) in [5.74, 6) is 0.955. The number of methoxy groups -OCH3 is 2. The quantitative estimate of drug-likeness (QED) is 0.233. The van der Waals surface area contributed by atoms with Gasteiger partial charge in [0.15, 0.2) is 5.78 Å². The minimum Gasteiger partial charge on any atom is -0.469 e. The van der Waals surface area contributed by atoms with E-state index < -0.39 is 16.8 Å². The molecule has 0 radical (unpaired) electrons. The Morgan fingerprint density at radius 1 is 0.868 bits per heavy atom. The second kappa shape index (κ2) is 8.54. The first-order valence-corrected chi connectivity index (χ1v) is 14.8. The van der Waals surface area contributed by atoms with Crippen molar-refractivity contribution < 1.29 is 23.9 Å². The van der Waals surface area contributed by atoms with Gasteiger partial charge in [-0.3, -0.25) is 9.59 Å². The molecule has 5 nitrogen and oxygen atoms in total. The molecule has 0 spiro atoms. The predicted molar refractivity (Wildman–Crippen MR) is 147 cm³/mol. The third-order valence-corrected chi connectivity index (χ3v) is 13.4. The SMILES string of the molecule is C=C(C)[C@@H]1CC[C@]2(C(=O)OC)CC[C@]3(C)C(CC[C@@H]4[C@@]5(C)C=C(C(=O)OC)C(=O)C(C)(C)[C@@H]5CC[C@]43C)[C@@H]12. The number of hydrogen-bond acceptors (Lipinski definition) is 5. The molecule has 5 aliphatic carbocycles. The van der Waals surface area contributed by atoms with Crippen LogP contribution >= 0.6 is 0 Å². The highest BCUT2D eigenvalue weighted by Crippen LogP contribution is 2.77. The molecule has 5 heteroatoms. The van der Waals surface area contributed by atoms with E-state index in [1.807, 2.05) is 19.9 Å². The summed E-state index contributed by atoms with van der Waals surface area (Å²) in [4.78, 5) is 39.7. The van der Waals surface area contributed by atoms with E-state index in [9.17, 15) is 14.4 Å². The Morgan fingerprint density at radius 2 is 1.55 bits per heavy atom. The highest BCUT2D eigenvalue weighted by molar-refractivity contribution is 6.20. The van der Waals surface area contributed by atoms with Crippen molar-refractivity contribution in [1.82, 2.24) is 0 Å². The molecule has 210 valence electrons. The Labute approximate surface area is 229 Å². The topological polar surface area (TPSA) is 69.7 Å². The van der Waals surface area contributed by atoms with Crippen LogP contribution in [0.5, 0.6) is 0 Å². The largest absolute Gasteiger partial charge is 0.469 e. The van der Waals surface area contributed by atoms with Crippen molar-refractivity contribution in [1.29, 1.82) is 0 Å². The molecule has 0 aromatic carbocycles. The molecular weight excluding hydrogens is 476 g/mol. The molecule has 4 fully saturated rings. The van der Waals surface area contributed by atoms with E-state index in [4.69, 9.17) is 9.47 Å². The first kappa shape index (κ1) is 27.6. The molecule has 0 N–H and O–H groups in total. The summed E-state index contributed by atoms with van der Waals surface area (Å²) in [6.45, 7) is 17.9. The molecule has 0 aliphatic heterocycles. The van der Waals surface area contributed by atoms with E-state index in [0.717, 1.165) is 51.4 Å². The molecular formula is C33H48O5. The van der Waals surface area contributed by atoms with Gasteiger partial charge >= 0.3 is 11.9 Å². The van der Waals surface area contributed by atoms with Gasteiger partial charge in [-0.05, 0) is 104 Å². The number of carbonyl (C=O) groups excluding carboxylic acids is 3. The van der Waals surface area contributed by atoms with Gasteiger partial charge in [0.05, 0.1) is 25.2 Å². The molecule has 1 unspecified atom stereocenters. The molecule has 38 heavy (non-hydrogen) atoms. The van der Waals surface area contributed by atoms with Crippen LogP contribution in [0, 0.1) is 56.7 Å². The average Bonchev–Trinajstić information content (AvgIpc) is 3.27. The number of hydrogen-bond donors (Lipinski definition) is 0. The number of carbonyl (C=O) groups is 3. The van der Waals surface area contributed by atoms with E-state index >= 15 is 0 Å². The summed E-state index contributed by atoms with van der Waals surface area (Å²) in [6.07, 6.45) is 9.95. The normalized spacial score (nSPS) is 47.0. The van der Waals surface area contributed by atoms with Gasteiger partial charge in [-0.15, -0.1) is 0 Å². The number of allylic oxidation sites excluding steroid dienone is 2. The smallest absolute Gasteiger partial charge is 0.341 e. The predicted octanol–water partition coefficient (Wildman–Crippen LogP) is 6.71. The van der Waals surface area contributed by atoms with Crippen LogP contribution < -0.4 is 0 Å². The monoisotopic (exact) mass is 524 g/mol. The number of Topliss-reactive ketones (excluding diaryl/α,β-unsaturated/α-hetero) is 1. The highest BCUT2D eigenvalue weighted by Gasteiger charge is 2.72. The fourth-order valence-corrected chi connectivity index (χ4v) is 11.5. The van der Waals surface area contributed by atoms with Crippen molar-refractivity contribution in [2.75, 3.05) is 14.2 Å². The lowest BCUT2D eigenvalue weighted by Crippen LogP contribution is -2.66. The number of ether oxygens (including phenoxy) is 2. The van der Waals surface area contributed by atoms with Crippen LogP contribution in [0.4, 0.5) is 0 Å². The molecule has 5 aliphatic rings. The summed E-state index contributed by atoms with van der Waals surface area (Å²) in [5.41, 5.74) is 0.224. The maximum atomic E-state index is 13.5. The van der Waals surface area contributed by atoms with Crippen LogP contribution in [-0.2, 0) is 23.9 Å².